The summed E-state index contributed by atoms with van der Waals surface area (Å²) in [6.45, 7) is 2.66. The highest BCUT2D eigenvalue weighted by Crippen LogP contribution is 2.24. The van der Waals surface area contributed by atoms with Gasteiger partial charge in [-0.15, -0.1) is 0 Å². The molecule has 2 N–H and O–H groups in total. The molecule has 0 saturated heterocycles. The maximum atomic E-state index is 13.4. The maximum absolute atomic E-state index is 13.4. The molecule has 3 rings (SSSR count). The van der Waals surface area contributed by atoms with E-state index < -0.39 is 0 Å². The molecule has 0 bridgehead atoms. The summed E-state index contributed by atoms with van der Waals surface area (Å²) in [6.07, 6.45) is 3.61. The minimum Gasteiger partial charge on any atom is -0.369 e. The van der Waals surface area contributed by atoms with Gasteiger partial charge in [-0.25, -0.2) is 9.37 Å². The highest BCUT2D eigenvalue weighted by molar-refractivity contribution is 5.78. The van der Waals surface area contributed by atoms with E-state index in [0.717, 1.165) is 0 Å². The van der Waals surface area contributed by atoms with Crippen LogP contribution in [0.1, 0.15) is 13.0 Å². The number of nitrogen functional groups attached to an aromatic ring is 1. The summed E-state index contributed by atoms with van der Waals surface area (Å²) in [7, 11) is 0. The first-order valence-electron chi connectivity index (χ1n) is 6.05. The van der Waals surface area contributed by atoms with Gasteiger partial charge in [0.05, 0.1) is 23.6 Å². The lowest BCUT2D eigenvalue weighted by Crippen LogP contribution is -2.15. The van der Waals surface area contributed by atoms with E-state index in [1.54, 1.807) is 12.3 Å². The number of nitrogens with two attached hydrogens (primary N) is 1. The maximum Gasteiger partial charge on any atom is 0.201 e. The van der Waals surface area contributed by atoms with Crippen molar-refractivity contribution in [2.75, 3.05) is 5.73 Å². The second-order valence-electron chi connectivity index (χ2n) is 4.55. The molecule has 1 atom stereocenters. The van der Waals surface area contributed by atoms with Crippen LogP contribution in [0.3, 0.4) is 0 Å². The van der Waals surface area contributed by atoms with Crippen LogP contribution in [0.5, 0.6) is 0 Å². The Kier molecular flexibility index (Phi) is 2.70. The van der Waals surface area contributed by atoms with E-state index in [-0.39, 0.29) is 11.9 Å². The van der Waals surface area contributed by atoms with E-state index in [1.807, 2.05) is 28.4 Å². The van der Waals surface area contributed by atoms with Crippen LogP contribution in [0.2, 0.25) is 0 Å². The normalized spacial score (nSPS) is 12.9. The van der Waals surface area contributed by atoms with Crippen LogP contribution < -0.4 is 5.73 Å². The predicted molar refractivity (Wildman–Crippen MR) is 71.0 cm³/mol. The second kappa shape index (κ2) is 4.38. The molecule has 0 aliphatic carbocycles. The molecule has 1 unspecified atom stereocenters. The molecule has 0 aliphatic rings. The largest absolute Gasteiger partial charge is 0.369 e. The summed E-state index contributed by atoms with van der Waals surface area (Å²) >= 11 is 0. The van der Waals surface area contributed by atoms with Crippen molar-refractivity contribution in [3.05, 3.63) is 42.5 Å². The van der Waals surface area contributed by atoms with Gasteiger partial charge in [-0.3, -0.25) is 4.68 Å². The summed E-state index contributed by atoms with van der Waals surface area (Å²) in [6, 6.07) is 6.38. The molecule has 98 valence electrons. The Morgan fingerprint density at radius 1 is 1.42 bits per heavy atom. The third-order valence-electron chi connectivity index (χ3n) is 3.13. The molecule has 0 amide bonds. The summed E-state index contributed by atoms with van der Waals surface area (Å²) in [5.74, 6) is 0.0974. The zero-order valence-corrected chi connectivity index (χ0v) is 10.5. The molecule has 0 fully saturated rings. The number of hydrogen-bond acceptors (Lipinski definition) is 3. The van der Waals surface area contributed by atoms with Gasteiger partial charge in [-0.1, -0.05) is 0 Å². The Morgan fingerprint density at radius 2 is 2.26 bits per heavy atom. The molecular weight excluding hydrogens is 245 g/mol. The first-order valence-corrected chi connectivity index (χ1v) is 6.05. The summed E-state index contributed by atoms with van der Waals surface area (Å²) in [5, 5.41) is 4.16. The van der Waals surface area contributed by atoms with Gasteiger partial charge in [0.2, 0.25) is 5.95 Å². The Labute approximate surface area is 109 Å². The zero-order chi connectivity index (χ0) is 13.4. The lowest BCUT2D eigenvalue weighted by molar-refractivity contribution is 0.449. The number of hydrogen-bond donors (Lipinski definition) is 1. The number of halogens is 1. The Balaban J connectivity index is 2.03. The zero-order valence-electron chi connectivity index (χ0n) is 10.5. The average molecular weight is 259 g/mol. The van der Waals surface area contributed by atoms with Crippen LogP contribution in [0.15, 0.2) is 36.7 Å². The number of imidazole rings is 1. The highest BCUT2D eigenvalue weighted by Gasteiger charge is 2.15. The van der Waals surface area contributed by atoms with Gasteiger partial charge in [0.25, 0.3) is 0 Å². The molecule has 0 saturated carbocycles. The van der Waals surface area contributed by atoms with Crippen molar-refractivity contribution in [1.29, 1.82) is 0 Å². The third kappa shape index (κ3) is 2.05. The van der Waals surface area contributed by atoms with Crippen molar-refractivity contribution < 1.29 is 4.39 Å². The number of benzene rings is 1. The molecule has 0 aliphatic heterocycles. The summed E-state index contributed by atoms with van der Waals surface area (Å²) < 4.78 is 17.0. The highest BCUT2D eigenvalue weighted by atomic mass is 19.1. The van der Waals surface area contributed by atoms with Gasteiger partial charge >= 0.3 is 0 Å². The monoisotopic (exact) mass is 259 g/mol. The van der Waals surface area contributed by atoms with Crippen molar-refractivity contribution in [3.63, 3.8) is 0 Å². The minimum absolute atomic E-state index is 0.0340. The standard InChI is InChI=1S/C13H14FN5/c1-9(8-18-6-2-5-16-18)19-12-7-10(14)3-4-11(12)17-13(19)15/h2-7,9H,8H2,1H3,(H2,15,17). The van der Waals surface area contributed by atoms with Crippen molar-refractivity contribution in [2.45, 2.75) is 19.5 Å². The topological polar surface area (TPSA) is 61.7 Å². The van der Waals surface area contributed by atoms with Crippen molar-refractivity contribution in [1.82, 2.24) is 19.3 Å². The number of nitrogens with zero attached hydrogens (tertiary/aromatic N) is 4. The van der Waals surface area contributed by atoms with E-state index in [9.17, 15) is 4.39 Å². The first kappa shape index (κ1) is 11.7. The SMILES string of the molecule is CC(Cn1cccn1)n1c(N)nc2ccc(F)cc21. The van der Waals surface area contributed by atoms with Crippen LogP contribution in [0, 0.1) is 5.82 Å². The second-order valence-corrected chi connectivity index (χ2v) is 4.55. The van der Waals surface area contributed by atoms with Gasteiger partial charge in [0.1, 0.15) is 5.82 Å². The van der Waals surface area contributed by atoms with E-state index >= 15 is 0 Å². The van der Waals surface area contributed by atoms with Crippen LogP contribution in [-0.4, -0.2) is 19.3 Å². The summed E-state index contributed by atoms with van der Waals surface area (Å²) in [4.78, 5) is 4.25. The fourth-order valence-corrected chi connectivity index (χ4v) is 2.31. The van der Waals surface area contributed by atoms with Gasteiger partial charge in [0.15, 0.2) is 0 Å². The van der Waals surface area contributed by atoms with E-state index in [0.29, 0.717) is 23.5 Å². The fraction of sp³-hybridized carbons (Fsp3) is 0.231. The summed E-state index contributed by atoms with van der Waals surface area (Å²) in [5.41, 5.74) is 7.34. The van der Waals surface area contributed by atoms with Crippen molar-refractivity contribution in [3.8, 4) is 0 Å². The van der Waals surface area contributed by atoms with Crippen LogP contribution in [0.25, 0.3) is 11.0 Å². The van der Waals surface area contributed by atoms with Crippen molar-refractivity contribution in [2.24, 2.45) is 0 Å². The van der Waals surface area contributed by atoms with E-state index in [1.165, 1.54) is 12.1 Å². The molecule has 0 radical (unpaired) electrons. The average Bonchev–Trinajstić information content (AvgIpc) is 2.95. The number of aromatic nitrogens is 4. The smallest absolute Gasteiger partial charge is 0.201 e. The van der Waals surface area contributed by atoms with Crippen molar-refractivity contribution >= 4 is 17.0 Å². The first-order chi connectivity index (χ1) is 9.15. The lowest BCUT2D eigenvalue weighted by atomic mass is 10.2. The van der Waals surface area contributed by atoms with Gasteiger partial charge in [-0.2, -0.15) is 5.10 Å². The molecule has 1 aromatic carbocycles. The number of rotatable bonds is 3. The molecule has 19 heavy (non-hydrogen) atoms. The van der Waals surface area contributed by atoms with Crippen LogP contribution in [0.4, 0.5) is 10.3 Å². The number of anilines is 1. The molecule has 5 nitrogen and oxygen atoms in total. The molecular formula is C13H14FN5. The lowest BCUT2D eigenvalue weighted by Gasteiger charge is -2.16. The number of fused-ring (bicyclic) bond motifs is 1. The van der Waals surface area contributed by atoms with E-state index in [4.69, 9.17) is 5.73 Å². The van der Waals surface area contributed by atoms with Gasteiger partial charge in [0, 0.05) is 12.4 Å². The third-order valence-corrected chi connectivity index (χ3v) is 3.13. The fourth-order valence-electron chi connectivity index (χ4n) is 2.31. The molecule has 2 heterocycles. The van der Waals surface area contributed by atoms with Crippen LogP contribution in [-0.2, 0) is 6.54 Å². The van der Waals surface area contributed by atoms with Crippen LogP contribution >= 0.6 is 0 Å². The molecule has 2 aromatic heterocycles. The molecule has 0 spiro atoms. The Morgan fingerprint density at radius 3 is 3.00 bits per heavy atom. The van der Waals surface area contributed by atoms with E-state index in [2.05, 4.69) is 10.1 Å². The molecule has 6 heteroatoms. The Hall–Kier alpha value is -2.37. The predicted octanol–water partition coefficient (Wildman–Crippen LogP) is 2.22. The minimum atomic E-state index is -0.292. The molecule has 3 aromatic rings. The Bertz CT molecular complexity index is 701. The van der Waals surface area contributed by atoms with Gasteiger partial charge in [-0.05, 0) is 31.2 Å². The quantitative estimate of drug-likeness (QED) is 0.784. The van der Waals surface area contributed by atoms with Gasteiger partial charge < -0.3 is 10.3 Å².